The minimum absolute atomic E-state index is 0.0444. The second-order valence-corrected chi connectivity index (χ2v) is 13.9. The molecule has 1 amide bonds. The number of rotatable bonds is 8. The number of ether oxygens (including phenoxy) is 1. The molecule has 0 unspecified atom stereocenters. The van der Waals surface area contributed by atoms with Crippen LogP contribution in [-0.4, -0.2) is 60.9 Å². The molecule has 3 aliphatic rings. The normalized spacial score (nSPS) is 22.5. The molecule has 12 heteroatoms. The Morgan fingerprint density at radius 1 is 1.02 bits per heavy atom. The van der Waals surface area contributed by atoms with Crippen LogP contribution in [0.5, 0.6) is 5.75 Å². The van der Waals surface area contributed by atoms with Crippen molar-refractivity contribution in [2.45, 2.75) is 56.6 Å². The number of nitriles is 1. The molecule has 1 saturated heterocycles. The average Bonchev–Trinajstić information content (AvgIpc) is 3.64. The van der Waals surface area contributed by atoms with Crippen LogP contribution in [0.15, 0.2) is 54.7 Å². The van der Waals surface area contributed by atoms with Gasteiger partial charge in [0.2, 0.25) is 5.91 Å². The monoisotopic (exact) mass is 609 g/mol. The molecule has 2 saturated carbocycles. The maximum atomic E-state index is 13.5. The Kier molecular flexibility index (Phi) is 7.85. The van der Waals surface area contributed by atoms with Gasteiger partial charge in [0.05, 0.1) is 29.0 Å². The zero-order valence-corrected chi connectivity index (χ0v) is 24.4. The van der Waals surface area contributed by atoms with E-state index < -0.39 is 22.0 Å². The van der Waals surface area contributed by atoms with E-state index in [1.807, 2.05) is 30.5 Å². The lowest BCUT2D eigenvalue weighted by molar-refractivity contribution is -0.127. The Bertz CT molecular complexity index is 1620. The minimum atomic E-state index is -3.00. The van der Waals surface area contributed by atoms with Gasteiger partial charge in [0.15, 0.2) is 9.84 Å². The van der Waals surface area contributed by atoms with E-state index in [1.165, 1.54) is 12.1 Å². The fourth-order valence-corrected chi connectivity index (χ4v) is 7.31. The van der Waals surface area contributed by atoms with Gasteiger partial charge < -0.3 is 15.0 Å². The molecule has 2 aromatic carbocycles. The number of hydrogen-bond donors (Lipinski definition) is 1. The molecular formula is C31H33F2N5O4S. The number of amides is 1. The average molecular weight is 610 g/mol. The van der Waals surface area contributed by atoms with Crippen molar-refractivity contribution in [2.75, 3.05) is 29.5 Å². The van der Waals surface area contributed by atoms with Crippen LogP contribution in [0, 0.1) is 17.2 Å². The minimum Gasteiger partial charge on any atom is -0.435 e. The Morgan fingerprint density at radius 3 is 2.30 bits per heavy atom. The number of nitrogens with zero attached hydrogens (tertiary/aromatic N) is 4. The third-order valence-electron chi connectivity index (χ3n) is 8.74. The fourth-order valence-electron chi connectivity index (χ4n) is 6.11. The van der Waals surface area contributed by atoms with Crippen molar-refractivity contribution in [3.05, 3.63) is 60.4 Å². The third-order valence-corrected chi connectivity index (χ3v) is 10.3. The molecule has 226 valence electrons. The number of carbonyl (C=O) groups excluding carboxylic acids is 1. The van der Waals surface area contributed by atoms with Gasteiger partial charge in [0.1, 0.15) is 11.3 Å². The quantitative estimate of drug-likeness (QED) is 0.389. The van der Waals surface area contributed by atoms with E-state index in [0.29, 0.717) is 38.0 Å². The number of benzene rings is 2. The highest BCUT2D eigenvalue weighted by Crippen LogP contribution is 2.43. The number of hydrogen-bond acceptors (Lipinski definition) is 7. The number of nitrogens with one attached hydrogen (secondary N) is 1. The molecule has 3 fully saturated rings. The third kappa shape index (κ3) is 6.37. The van der Waals surface area contributed by atoms with Crippen LogP contribution in [0.25, 0.3) is 16.8 Å². The van der Waals surface area contributed by atoms with E-state index >= 15 is 0 Å². The smallest absolute Gasteiger partial charge is 0.387 e. The summed E-state index contributed by atoms with van der Waals surface area (Å²) in [7, 11) is -3.00. The van der Waals surface area contributed by atoms with Gasteiger partial charge in [0, 0.05) is 42.4 Å². The summed E-state index contributed by atoms with van der Waals surface area (Å²) in [6, 6.07) is 16.4. The predicted octanol–water partition coefficient (Wildman–Crippen LogP) is 4.82. The van der Waals surface area contributed by atoms with Crippen LogP contribution < -0.4 is 15.0 Å². The summed E-state index contributed by atoms with van der Waals surface area (Å²) < 4.78 is 55.3. The highest BCUT2D eigenvalue weighted by atomic mass is 32.2. The molecule has 1 N–H and O–H groups in total. The Hall–Kier alpha value is -3.98. The SMILES string of the molecule is N#CC1(NC(=O)[C@@H]2CCCC[C@H]2c2nn(-c3ccc(OC(F)F)cc3)cc2-c2ccc(N3CCS(=O)(=O)CC3)cc2)CC1. The first kappa shape index (κ1) is 29.1. The standard InChI is InChI=1S/C31H33F2N5O4S/c32-30(33)42-24-11-9-23(10-12-24)38-19-27(21-5-7-22(8-6-21)37-15-17-43(40,41)18-16-37)28(36-38)25-3-1-2-4-26(25)29(39)35-31(20-34)13-14-31/h5-12,19,25-26,30H,1-4,13-18H2,(H,35,39)/t25-,26-/m1/s1. The summed E-state index contributed by atoms with van der Waals surface area (Å²) in [4.78, 5) is 15.5. The van der Waals surface area contributed by atoms with E-state index in [9.17, 15) is 27.3 Å². The molecule has 9 nitrogen and oxygen atoms in total. The molecule has 43 heavy (non-hydrogen) atoms. The number of alkyl halides is 2. The van der Waals surface area contributed by atoms with Gasteiger partial charge in [-0.05, 0) is 67.6 Å². The van der Waals surface area contributed by atoms with Crippen molar-refractivity contribution in [1.29, 1.82) is 5.26 Å². The largest absolute Gasteiger partial charge is 0.435 e. The summed E-state index contributed by atoms with van der Waals surface area (Å²) in [5, 5.41) is 17.5. The molecule has 6 rings (SSSR count). The summed E-state index contributed by atoms with van der Waals surface area (Å²) in [5.41, 5.74) is 3.35. The Labute approximate surface area is 249 Å². The van der Waals surface area contributed by atoms with Crippen LogP contribution in [0.4, 0.5) is 14.5 Å². The van der Waals surface area contributed by atoms with E-state index in [4.69, 9.17) is 5.10 Å². The van der Waals surface area contributed by atoms with Gasteiger partial charge in [0.25, 0.3) is 0 Å². The number of anilines is 1. The molecule has 1 aliphatic heterocycles. The van der Waals surface area contributed by atoms with Crippen molar-refractivity contribution in [1.82, 2.24) is 15.1 Å². The van der Waals surface area contributed by atoms with E-state index in [1.54, 1.807) is 16.8 Å². The molecule has 1 aromatic heterocycles. The predicted molar refractivity (Wildman–Crippen MR) is 157 cm³/mol. The lowest BCUT2D eigenvalue weighted by atomic mass is 9.75. The lowest BCUT2D eigenvalue weighted by Gasteiger charge is -2.31. The van der Waals surface area contributed by atoms with Crippen LogP contribution in [0.2, 0.25) is 0 Å². The maximum absolute atomic E-state index is 13.5. The first-order valence-electron chi connectivity index (χ1n) is 14.6. The second-order valence-electron chi connectivity index (χ2n) is 11.6. The molecule has 2 aliphatic carbocycles. The summed E-state index contributed by atoms with van der Waals surface area (Å²) >= 11 is 0. The molecule has 2 atom stereocenters. The first-order valence-corrected chi connectivity index (χ1v) is 16.4. The van der Waals surface area contributed by atoms with Gasteiger partial charge >= 0.3 is 6.61 Å². The van der Waals surface area contributed by atoms with Crippen molar-refractivity contribution in [2.24, 2.45) is 5.92 Å². The van der Waals surface area contributed by atoms with Gasteiger partial charge in [-0.1, -0.05) is 25.0 Å². The van der Waals surface area contributed by atoms with Gasteiger partial charge in [-0.3, -0.25) is 4.79 Å². The Morgan fingerprint density at radius 2 is 1.67 bits per heavy atom. The topological polar surface area (TPSA) is 117 Å². The molecule has 0 bridgehead atoms. The van der Waals surface area contributed by atoms with E-state index in [-0.39, 0.29) is 35.0 Å². The maximum Gasteiger partial charge on any atom is 0.387 e. The van der Waals surface area contributed by atoms with Crippen molar-refractivity contribution in [3.63, 3.8) is 0 Å². The number of aromatic nitrogens is 2. The van der Waals surface area contributed by atoms with Crippen molar-refractivity contribution in [3.8, 4) is 28.6 Å². The van der Waals surface area contributed by atoms with Gasteiger partial charge in [-0.15, -0.1) is 0 Å². The molecule has 3 aromatic rings. The van der Waals surface area contributed by atoms with Crippen molar-refractivity contribution < 1.29 is 26.7 Å². The number of sulfone groups is 1. The second kappa shape index (κ2) is 11.6. The molecule has 2 heterocycles. The fraction of sp³-hybridized carbons (Fsp3) is 0.452. The summed E-state index contributed by atoms with van der Waals surface area (Å²) in [5.74, 6) is -0.321. The van der Waals surface area contributed by atoms with Crippen LogP contribution in [0.3, 0.4) is 0 Å². The Balaban J connectivity index is 1.34. The highest BCUT2D eigenvalue weighted by Gasteiger charge is 2.47. The number of carbonyl (C=O) groups is 1. The molecule has 0 radical (unpaired) electrons. The van der Waals surface area contributed by atoms with Crippen molar-refractivity contribution >= 4 is 21.4 Å². The molecular weight excluding hydrogens is 576 g/mol. The highest BCUT2D eigenvalue weighted by molar-refractivity contribution is 7.91. The van der Waals surface area contributed by atoms with Gasteiger partial charge in [-0.25, -0.2) is 13.1 Å². The lowest BCUT2D eigenvalue weighted by Crippen LogP contribution is -2.42. The van der Waals surface area contributed by atoms with Gasteiger partial charge in [-0.2, -0.15) is 19.1 Å². The zero-order chi connectivity index (χ0) is 30.2. The van der Waals surface area contributed by atoms with Crippen LogP contribution in [0.1, 0.15) is 50.1 Å². The summed E-state index contributed by atoms with van der Waals surface area (Å²) in [6.07, 6.45) is 6.53. The van der Waals surface area contributed by atoms with Crippen LogP contribution >= 0.6 is 0 Å². The number of halogens is 2. The first-order chi connectivity index (χ1) is 20.7. The zero-order valence-electron chi connectivity index (χ0n) is 23.6. The van der Waals surface area contributed by atoms with E-state index in [0.717, 1.165) is 41.8 Å². The van der Waals surface area contributed by atoms with E-state index in [2.05, 4.69) is 21.0 Å². The molecule has 0 spiro atoms. The van der Waals surface area contributed by atoms with Crippen LogP contribution in [-0.2, 0) is 14.6 Å². The summed E-state index contributed by atoms with van der Waals surface area (Å²) in [6.45, 7) is -2.03.